The maximum atomic E-state index is 12.3. The molecule has 0 amide bonds. The van der Waals surface area contributed by atoms with Crippen molar-refractivity contribution < 1.29 is 18.3 Å². The van der Waals surface area contributed by atoms with Crippen LogP contribution in [0, 0.1) is 5.41 Å². The van der Waals surface area contributed by atoms with Crippen LogP contribution in [0.25, 0.3) is 0 Å². The predicted octanol–water partition coefficient (Wildman–Crippen LogP) is 1.81. The first-order valence-corrected chi connectivity index (χ1v) is 9.00. The van der Waals surface area contributed by atoms with E-state index < -0.39 is 21.2 Å². The van der Waals surface area contributed by atoms with Crippen LogP contribution in [0.3, 0.4) is 0 Å². The molecule has 1 heterocycles. The summed E-state index contributed by atoms with van der Waals surface area (Å²) in [5.74, 6) is -1.25. The minimum atomic E-state index is -3.42. The molecule has 1 aromatic rings. The number of sulfone groups is 1. The third-order valence-electron chi connectivity index (χ3n) is 3.87. The smallest absolute Gasteiger partial charge is 0.303 e. The van der Waals surface area contributed by atoms with Gasteiger partial charge in [-0.1, -0.05) is 18.5 Å². The summed E-state index contributed by atoms with van der Waals surface area (Å²) < 4.78 is 26.2. The maximum absolute atomic E-state index is 12.3. The Labute approximate surface area is 129 Å². The fraction of sp³-hybridized carbons (Fsp3) is 0.692. The molecule has 0 aliphatic heterocycles. The Morgan fingerprint density at radius 2 is 2.10 bits per heavy atom. The fourth-order valence-corrected chi connectivity index (χ4v) is 5.19. The molecule has 1 aliphatic rings. The molecule has 2 rings (SSSR count). The monoisotopic (exact) mass is 334 g/mol. The molecule has 1 aromatic heterocycles. The van der Waals surface area contributed by atoms with Gasteiger partial charge in [0.15, 0.2) is 9.84 Å². The lowest BCUT2D eigenvalue weighted by molar-refractivity contribution is -0.138. The molecule has 0 saturated heterocycles. The van der Waals surface area contributed by atoms with Crippen molar-refractivity contribution in [3.63, 3.8) is 0 Å². The lowest BCUT2D eigenvalue weighted by Gasteiger charge is -2.13. The van der Waals surface area contributed by atoms with Crippen LogP contribution in [-0.2, 0) is 33.9 Å². The van der Waals surface area contributed by atoms with E-state index in [1.807, 2.05) is 6.92 Å². The summed E-state index contributed by atoms with van der Waals surface area (Å²) >= 11 is 6.17. The van der Waals surface area contributed by atoms with Crippen molar-refractivity contribution in [1.29, 1.82) is 0 Å². The van der Waals surface area contributed by atoms with Crippen molar-refractivity contribution in [2.75, 3.05) is 5.75 Å². The van der Waals surface area contributed by atoms with Gasteiger partial charge in [-0.25, -0.2) is 8.42 Å². The summed E-state index contributed by atoms with van der Waals surface area (Å²) in [6.07, 6.45) is 1.84. The summed E-state index contributed by atoms with van der Waals surface area (Å²) in [5, 5.41) is 13.5. The third-order valence-corrected chi connectivity index (χ3v) is 6.07. The first kappa shape index (κ1) is 16.3. The van der Waals surface area contributed by atoms with Crippen LogP contribution >= 0.6 is 11.6 Å². The van der Waals surface area contributed by atoms with Gasteiger partial charge in [-0.05, 0) is 24.7 Å². The Morgan fingerprint density at radius 3 is 2.52 bits per heavy atom. The maximum Gasteiger partial charge on any atom is 0.303 e. The number of hydrogen-bond acceptors (Lipinski definition) is 4. The summed E-state index contributed by atoms with van der Waals surface area (Å²) in [5.41, 5.74) is 0.569. The lowest BCUT2D eigenvalue weighted by atomic mass is 10.1. The van der Waals surface area contributed by atoms with Gasteiger partial charge in [-0.3, -0.25) is 9.48 Å². The van der Waals surface area contributed by atoms with Gasteiger partial charge in [0.05, 0.1) is 34.3 Å². The van der Waals surface area contributed by atoms with Crippen LogP contribution in [0.15, 0.2) is 0 Å². The molecule has 8 heteroatoms. The molecular weight excluding hydrogens is 316 g/mol. The van der Waals surface area contributed by atoms with E-state index in [0.29, 0.717) is 35.7 Å². The quantitative estimate of drug-likeness (QED) is 0.821. The number of carbonyl (C=O) groups is 1. The van der Waals surface area contributed by atoms with Crippen molar-refractivity contribution in [3.05, 3.63) is 16.4 Å². The highest BCUT2D eigenvalue weighted by molar-refractivity contribution is 7.90. The molecule has 0 aromatic carbocycles. The lowest BCUT2D eigenvalue weighted by Crippen LogP contribution is -2.22. The number of aliphatic carboxylic acids is 1. The van der Waals surface area contributed by atoms with E-state index in [0.717, 1.165) is 0 Å². The molecule has 0 radical (unpaired) electrons. The van der Waals surface area contributed by atoms with E-state index in [1.54, 1.807) is 7.05 Å². The number of aromatic nitrogens is 2. The molecule has 0 bridgehead atoms. The number of carboxylic acid groups (broad SMARTS) is 1. The Hall–Kier alpha value is -1.08. The van der Waals surface area contributed by atoms with Crippen molar-refractivity contribution in [2.45, 2.75) is 38.4 Å². The zero-order valence-corrected chi connectivity index (χ0v) is 13.7. The number of aryl methyl sites for hydroxylation is 2. The van der Waals surface area contributed by atoms with Gasteiger partial charge in [0.25, 0.3) is 0 Å². The van der Waals surface area contributed by atoms with Crippen LogP contribution in [0.2, 0.25) is 5.02 Å². The van der Waals surface area contributed by atoms with Crippen molar-refractivity contribution in [1.82, 2.24) is 9.78 Å². The van der Waals surface area contributed by atoms with Gasteiger partial charge in [0.2, 0.25) is 0 Å². The largest absolute Gasteiger partial charge is 0.481 e. The molecule has 1 fully saturated rings. The predicted molar refractivity (Wildman–Crippen MR) is 79.0 cm³/mol. The molecule has 118 valence electrons. The second-order valence-electron chi connectivity index (χ2n) is 5.79. The number of hydrogen-bond donors (Lipinski definition) is 1. The van der Waals surface area contributed by atoms with Gasteiger partial charge in [0, 0.05) is 7.05 Å². The number of rotatable bonds is 7. The average Bonchev–Trinajstić information content (AvgIpc) is 3.03. The molecular formula is C13H19ClN2O4S. The summed E-state index contributed by atoms with van der Waals surface area (Å²) in [7, 11) is -1.76. The zero-order valence-electron chi connectivity index (χ0n) is 12.1. The van der Waals surface area contributed by atoms with Crippen molar-refractivity contribution >= 4 is 27.4 Å². The van der Waals surface area contributed by atoms with E-state index in [1.165, 1.54) is 4.68 Å². The molecule has 21 heavy (non-hydrogen) atoms. The van der Waals surface area contributed by atoms with Gasteiger partial charge < -0.3 is 5.11 Å². The van der Waals surface area contributed by atoms with Crippen LogP contribution in [0.4, 0.5) is 0 Å². The highest BCUT2D eigenvalue weighted by Crippen LogP contribution is 2.50. The third kappa shape index (κ3) is 3.77. The van der Waals surface area contributed by atoms with Crippen molar-refractivity contribution in [2.24, 2.45) is 12.5 Å². The Balaban J connectivity index is 2.15. The SMILES string of the molecule is CCc1nn(C)c(CS(=O)(=O)CC2(CC(=O)O)CC2)c1Cl. The minimum absolute atomic E-state index is 0.0917. The van der Waals surface area contributed by atoms with Crippen LogP contribution in [0.5, 0.6) is 0 Å². The summed E-state index contributed by atoms with van der Waals surface area (Å²) in [6.45, 7) is 1.90. The minimum Gasteiger partial charge on any atom is -0.481 e. The molecule has 6 nitrogen and oxygen atoms in total. The molecule has 0 atom stereocenters. The average molecular weight is 335 g/mol. The van der Waals surface area contributed by atoms with E-state index >= 15 is 0 Å². The number of halogens is 1. The second-order valence-corrected chi connectivity index (χ2v) is 8.23. The van der Waals surface area contributed by atoms with Gasteiger partial charge >= 0.3 is 5.97 Å². The molecule has 1 saturated carbocycles. The number of nitrogens with zero attached hydrogens (tertiary/aromatic N) is 2. The van der Waals surface area contributed by atoms with Crippen molar-refractivity contribution in [3.8, 4) is 0 Å². The highest BCUT2D eigenvalue weighted by atomic mass is 35.5. The highest BCUT2D eigenvalue weighted by Gasteiger charge is 2.47. The van der Waals surface area contributed by atoms with E-state index in [4.69, 9.17) is 16.7 Å². The number of carboxylic acids is 1. The van der Waals surface area contributed by atoms with Gasteiger partial charge in [-0.15, -0.1) is 0 Å². The van der Waals surface area contributed by atoms with E-state index in [9.17, 15) is 13.2 Å². The Bertz CT molecular complexity index is 662. The normalized spacial score (nSPS) is 16.9. The van der Waals surface area contributed by atoms with E-state index in [2.05, 4.69) is 5.10 Å². The molecule has 0 spiro atoms. The van der Waals surface area contributed by atoms with Crippen LogP contribution < -0.4 is 0 Å². The Morgan fingerprint density at radius 1 is 1.48 bits per heavy atom. The second kappa shape index (κ2) is 5.61. The van der Waals surface area contributed by atoms with Crippen LogP contribution in [0.1, 0.15) is 37.6 Å². The van der Waals surface area contributed by atoms with Gasteiger partial charge in [0.1, 0.15) is 0 Å². The molecule has 0 unspecified atom stereocenters. The molecule has 1 aliphatic carbocycles. The summed E-state index contributed by atoms with van der Waals surface area (Å²) in [6, 6.07) is 0. The first-order chi connectivity index (χ1) is 9.68. The van der Waals surface area contributed by atoms with Crippen LogP contribution in [-0.4, -0.2) is 35.0 Å². The molecule has 1 N–H and O–H groups in total. The summed E-state index contributed by atoms with van der Waals surface area (Å²) in [4.78, 5) is 10.8. The van der Waals surface area contributed by atoms with E-state index in [-0.39, 0.29) is 17.9 Å². The fourth-order valence-electron chi connectivity index (χ4n) is 2.57. The zero-order chi connectivity index (χ0) is 15.8. The standard InChI is InChI=1S/C13H19ClN2O4S/c1-3-9-12(14)10(16(2)15-9)7-21(19,20)8-13(4-5-13)6-11(17)18/h3-8H2,1-2H3,(H,17,18). The Kier molecular flexibility index (Phi) is 4.35. The topological polar surface area (TPSA) is 89.3 Å². The first-order valence-electron chi connectivity index (χ1n) is 6.80. The van der Waals surface area contributed by atoms with Gasteiger partial charge in [-0.2, -0.15) is 5.10 Å².